The van der Waals surface area contributed by atoms with Gasteiger partial charge in [0, 0.05) is 11.1 Å². The van der Waals surface area contributed by atoms with Crippen molar-refractivity contribution < 1.29 is 18.5 Å². The lowest BCUT2D eigenvalue weighted by Gasteiger charge is -2.03. The Morgan fingerprint density at radius 1 is 1.53 bits per heavy atom. The standard InChI is InChI=1S/C12H10FNO3S2/c1-7-5-18-11(14-7)6-19(17)10-4-8(12(15)16)2-3-9(10)13/h2-5H,6H2,1H3,(H,15,16). The summed E-state index contributed by atoms with van der Waals surface area (Å²) in [6.45, 7) is 1.81. The molecule has 1 atom stereocenters. The van der Waals surface area contributed by atoms with E-state index in [0.29, 0.717) is 5.01 Å². The van der Waals surface area contributed by atoms with Crippen LogP contribution < -0.4 is 0 Å². The Kier molecular flexibility index (Phi) is 4.06. The summed E-state index contributed by atoms with van der Waals surface area (Å²) in [5.41, 5.74) is 0.733. The third-order valence-electron chi connectivity index (χ3n) is 2.34. The van der Waals surface area contributed by atoms with Crippen LogP contribution in [-0.4, -0.2) is 20.3 Å². The molecule has 1 N–H and O–H groups in total. The first kappa shape index (κ1) is 13.8. The van der Waals surface area contributed by atoms with Crippen molar-refractivity contribution in [1.29, 1.82) is 0 Å². The Labute approximate surface area is 115 Å². The number of nitrogens with zero attached hydrogens (tertiary/aromatic N) is 1. The third-order valence-corrected chi connectivity index (χ3v) is 4.83. The van der Waals surface area contributed by atoms with Crippen molar-refractivity contribution in [1.82, 2.24) is 4.98 Å². The number of hydrogen-bond donors (Lipinski definition) is 1. The molecule has 0 aliphatic rings. The number of rotatable bonds is 4. The highest BCUT2D eigenvalue weighted by Crippen LogP contribution is 2.19. The topological polar surface area (TPSA) is 67.3 Å². The molecule has 0 bridgehead atoms. The normalized spacial score (nSPS) is 12.3. The quantitative estimate of drug-likeness (QED) is 0.942. The molecular formula is C12H10FNO3S2. The second-order valence-corrected chi connectivity index (χ2v) is 6.19. The van der Waals surface area contributed by atoms with E-state index in [2.05, 4.69) is 4.98 Å². The number of halogens is 1. The molecule has 0 amide bonds. The van der Waals surface area contributed by atoms with E-state index in [1.165, 1.54) is 11.3 Å². The van der Waals surface area contributed by atoms with E-state index in [1.807, 2.05) is 12.3 Å². The molecule has 0 radical (unpaired) electrons. The molecule has 1 heterocycles. The highest BCUT2D eigenvalue weighted by atomic mass is 32.2. The average molecular weight is 299 g/mol. The summed E-state index contributed by atoms with van der Waals surface area (Å²) in [5.74, 6) is -1.77. The van der Waals surface area contributed by atoms with Gasteiger partial charge in [-0.25, -0.2) is 14.2 Å². The van der Waals surface area contributed by atoms with Gasteiger partial charge in [-0.3, -0.25) is 4.21 Å². The van der Waals surface area contributed by atoms with Crippen LogP contribution in [0.2, 0.25) is 0 Å². The van der Waals surface area contributed by atoms with E-state index in [4.69, 9.17) is 5.11 Å². The number of aryl methyl sites for hydroxylation is 1. The lowest BCUT2D eigenvalue weighted by atomic mass is 10.2. The summed E-state index contributed by atoms with van der Waals surface area (Å²) in [5, 5.41) is 11.3. The zero-order valence-corrected chi connectivity index (χ0v) is 11.6. The van der Waals surface area contributed by atoms with E-state index in [9.17, 15) is 13.4 Å². The van der Waals surface area contributed by atoms with Crippen LogP contribution in [0.25, 0.3) is 0 Å². The first-order chi connectivity index (χ1) is 8.97. The maximum absolute atomic E-state index is 13.6. The molecule has 0 saturated heterocycles. The number of aromatic nitrogens is 1. The predicted molar refractivity (Wildman–Crippen MR) is 70.3 cm³/mol. The lowest BCUT2D eigenvalue weighted by Crippen LogP contribution is -2.03. The Balaban J connectivity index is 2.27. The minimum Gasteiger partial charge on any atom is -0.478 e. The van der Waals surface area contributed by atoms with Gasteiger partial charge in [0.2, 0.25) is 0 Å². The van der Waals surface area contributed by atoms with Gasteiger partial charge in [0.25, 0.3) is 0 Å². The van der Waals surface area contributed by atoms with Gasteiger partial charge < -0.3 is 5.11 Å². The van der Waals surface area contributed by atoms with E-state index < -0.39 is 22.6 Å². The minimum absolute atomic E-state index is 0.0818. The summed E-state index contributed by atoms with van der Waals surface area (Å²) in [7, 11) is -1.65. The minimum atomic E-state index is -1.65. The summed E-state index contributed by atoms with van der Waals surface area (Å²) < 4.78 is 25.7. The van der Waals surface area contributed by atoms with Crippen molar-refractivity contribution in [3.63, 3.8) is 0 Å². The smallest absolute Gasteiger partial charge is 0.335 e. The maximum atomic E-state index is 13.6. The van der Waals surface area contributed by atoms with Crippen LogP contribution >= 0.6 is 11.3 Å². The fourth-order valence-electron chi connectivity index (χ4n) is 1.47. The van der Waals surface area contributed by atoms with Crippen LogP contribution in [0.15, 0.2) is 28.5 Å². The molecule has 4 nitrogen and oxygen atoms in total. The Bertz CT molecular complexity index is 654. The van der Waals surface area contributed by atoms with Crippen LogP contribution in [0.1, 0.15) is 21.1 Å². The molecule has 1 aromatic heterocycles. The average Bonchev–Trinajstić information content (AvgIpc) is 2.74. The first-order valence-electron chi connectivity index (χ1n) is 5.29. The molecule has 19 heavy (non-hydrogen) atoms. The molecule has 2 rings (SSSR count). The summed E-state index contributed by atoms with van der Waals surface area (Å²) >= 11 is 1.35. The second-order valence-electron chi connectivity index (χ2n) is 3.82. The summed E-state index contributed by atoms with van der Waals surface area (Å²) in [4.78, 5) is 14.9. The molecule has 0 spiro atoms. The van der Waals surface area contributed by atoms with Gasteiger partial charge in [0.05, 0.1) is 27.0 Å². The van der Waals surface area contributed by atoms with Crippen molar-refractivity contribution in [2.75, 3.05) is 0 Å². The van der Waals surface area contributed by atoms with Gasteiger partial charge in [-0.1, -0.05) is 0 Å². The molecular weight excluding hydrogens is 289 g/mol. The molecule has 0 aliphatic carbocycles. The number of carboxylic acid groups (broad SMARTS) is 1. The van der Waals surface area contributed by atoms with Gasteiger partial charge >= 0.3 is 5.97 Å². The Morgan fingerprint density at radius 3 is 2.84 bits per heavy atom. The van der Waals surface area contributed by atoms with Crippen LogP contribution in [0.5, 0.6) is 0 Å². The van der Waals surface area contributed by atoms with Gasteiger partial charge in [0.1, 0.15) is 10.8 Å². The van der Waals surface area contributed by atoms with E-state index >= 15 is 0 Å². The number of thiazole rings is 1. The number of aromatic carboxylic acids is 1. The molecule has 100 valence electrons. The summed E-state index contributed by atoms with van der Waals surface area (Å²) in [6, 6.07) is 3.27. The van der Waals surface area contributed by atoms with Gasteiger partial charge in [-0.15, -0.1) is 11.3 Å². The van der Waals surface area contributed by atoms with E-state index in [-0.39, 0.29) is 16.2 Å². The van der Waals surface area contributed by atoms with E-state index in [1.54, 1.807) is 0 Å². The molecule has 0 saturated carbocycles. The zero-order valence-electron chi connectivity index (χ0n) is 9.92. The van der Waals surface area contributed by atoms with E-state index in [0.717, 1.165) is 23.9 Å². The first-order valence-corrected chi connectivity index (χ1v) is 7.49. The summed E-state index contributed by atoms with van der Waals surface area (Å²) in [6.07, 6.45) is 0. The molecule has 1 aromatic carbocycles. The number of carboxylic acids is 1. The van der Waals surface area contributed by atoms with Gasteiger partial charge in [0.15, 0.2) is 0 Å². The fourth-order valence-corrected chi connectivity index (χ4v) is 3.61. The number of benzene rings is 1. The van der Waals surface area contributed by atoms with Crippen LogP contribution in [0.4, 0.5) is 4.39 Å². The highest BCUT2D eigenvalue weighted by Gasteiger charge is 2.15. The van der Waals surface area contributed by atoms with Gasteiger partial charge in [-0.05, 0) is 25.1 Å². The SMILES string of the molecule is Cc1csc(CS(=O)c2cc(C(=O)O)ccc2F)n1. The van der Waals surface area contributed by atoms with Crippen LogP contribution in [0, 0.1) is 12.7 Å². The Hall–Kier alpha value is -1.60. The number of hydrogen-bond acceptors (Lipinski definition) is 4. The number of carbonyl (C=O) groups is 1. The second kappa shape index (κ2) is 5.58. The molecule has 2 aromatic rings. The zero-order chi connectivity index (χ0) is 14.0. The monoisotopic (exact) mass is 299 g/mol. The molecule has 0 aliphatic heterocycles. The van der Waals surface area contributed by atoms with Crippen LogP contribution in [-0.2, 0) is 16.6 Å². The lowest BCUT2D eigenvalue weighted by molar-refractivity contribution is 0.0696. The largest absolute Gasteiger partial charge is 0.478 e. The third kappa shape index (κ3) is 3.24. The van der Waals surface area contributed by atoms with Crippen molar-refractivity contribution in [3.8, 4) is 0 Å². The molecule has 0 fully saturated rings. The Morgan fingerprint density at radius 2 is 2.26 bits per heavy atom. The van der Waals surface area contributed by atoms with Crippen LogP contribution in [0.3, 0.4) is 0 Å². The van der Waals surface area contributed by atoms with Gasteiger partial charge in [-0.2, -0.15) is 0 Å². The van der Waals surface area contributed by atoms with Crippen molar-refractivity contribution in [2.24, 2.45) is 0 Å². The molecule has 7 heteroatoms. The fraction of sp³-hybridized carbons (Fsp3) is 0.167. The maximum Gasteiger partial charge on any atom is 0.335 e. The van der Waals surface area contributed by atoms with Crippen molar-refractivity contribution in [2.45, 2.75) is 17.6 Å². The highest BCUT2D eigenvalue weighted by molar-refractivity contribution is 7.84. The van der Waals surface area contributed by atoms with Crippen molar-refractivity contribution >= 4 is 28.1 Å². The predicted octanol–water partition coefficient (Wildman–Crippen LogP) is 2.60. The van der Waals surface area contributed by atoms with Crippen molar-refractivity contribution in [3.05, 3.63) is 45.7 Å². The molecule has 1 unspecified atom stereocenters.